The monoisotopic (exact) mass is 282 g/mol. The van der Waals surface area contributed by atoms with Crippen LogP contribution in [-0.4, -0.2) is 16.9 Å². The molecule has 104 valence electrons. The van der Waals surface area contributed by atoms with E-state index in [9.17, 15) is 9.18 Å². The topological polar surface area (TPSA) is 55.1 Å². The normalized spacial score (nSPS) is 12.8. The van der Waals surface area contributed by atoms with E-state index in [4.69, 9.17) is 18.0 Å². The molecule has 1 aromatic rings. The lowest BCUT2D eigenvalue weighted by Crippen LogP contribution is -2.48. The molecule has 19 heavy (non-hydrogen) atoms. The number of amides is 1. The molecule has 0 spiro atoms. The number of halogens is 1. The first-order chi connectivity index (χ1) is 8.73. The van der Waals surface area contributed by atoms with Crippen LogP contribution in [0.3, 0.4) is 0 Å². The summed E-state index contributed by atoms with van der Waals surface area (Å²) < 4.78 is 12.8. The quantitative estimate of drug-likeness (QED) is 0.814. The third-order valence-corrected chi connectivity index (χ3v) is 3.53. The fourth-order valence-corrected chi connectivity index (χ4v) is 1.63. The second kappa shape index (κ2) is 6.10. The number of hydrogen-bond donors (Lipinski definition) is 2. The second-order valence-corrected chi connectivity index (χ2v) is 5.63. The van der Waals surface area contributed by atoms with E-state index in [2.05, 4.69) is 5.32 Å². The highest BCUT2D eigenvalue weighted by Gasteiger charge is 2.31. The maximum atomic E-state index is 12.8. The first-order valence-corrected chi connectivity index (χ1v) is 6.49. The van der Waals surface area contributed by atoms with Crippen LogP contribution in [0.5, 0.6) is 0 Å². The molecule has 1 atom stereocenters. The van der Waals surface area contributed by atoms with E-state index in [1.54, 1.807) is 26.0 Å². The van der Waals surface area contributed by atoms with Gasteiger partial charge < -0.3 is 11.1 Å². The van der Waals surface area contributed by atoms with E-state index < -0.39 is 5.41 Å². The third kappa shape index (κ3) is 4.28. The molecular formula is C14H19FN2OS. The zero-order chi connectivity index (χ0) is 14.6. The van der Waals surface area contributed by atoms with E-state index in [1.165, 1.54) is 12.1 Å². The van der Waals surface area contributed by atoms with Gasteiger partial charge in [0.1, 0.15) is 5.82 Å². The van der Waals surface area contributed by atoms with E-state index in [-0.39, 0.29) is 22.8 Å². The highest BCUT2D eigenvalue weighted by atomic mass is 32.1. The molecule has 0 aromatic heterocycles. The van der Waals surface area contributed by atoms with Crippen LogP contribution < -0.4 is 11.1 Å². The molecule has 1 amide bonds. The lowest BCUT2D eigenvalue weighted by atomic mass is 9.92. The Morgan fingerprint density at radius 3 is 2.42 bits per heavy atom. The number of thiocarbonyl (C=S) groups is 1. The van der Waals surface area contributed by atoms with Crippen molar-refractivity contribution in [2.75, 3.05) is 0 Å². The molecule has 0 aliphatic heterocycles. The number of carbonyl (C=O) groups excluding carboxylic acids is 1. The molecule has 0 saturated heterocycles. The molecule has 0 aliphatic rings. The fraction of sp³-hybridized carbons (Fsp3) is 0.429. The third-order valence-electron chi connectivity index (χ3n) is 3.02. The fourth-order valence-electron chi connectivity index (χ4n) is 1.54. The first-order valence-electron chi connectivity index (χ1n) is 6.09. The Labute approximate surface area is 118 Å². The maximum absolute atomic E-state index is 12.8. The van der Waals surface area contributed by atoms with Crippen molar-refractivity contribution in [1.82, 2.24) is 5.32 Å². The largest absolute Gasteiger partial charge is 0.392 e. The van der Waals surface area contributed by atoms with Crippen molar-refractivity contribution in [2.45, 2.75) is 33.2 Å². The molecule has 1 aromatic carbocycles. The standard InChI is InChI=1S/C14H19FN2OS/c1-9(8-10-4-6-11(15)7-5-10)17-13(18)14(2,3)12(16)19/h4-7,9H,8H2,1-3H3,(H2,16,19)(H,17,18). The predicted octanol–water partition coefficient (Wildman–Crippen LogP) is 2.19. The van der Waals surface area contributed by atoms with Crippen molar-refractivity contribution < 1.29 is 9.18 Å². The van der Waals surface area contributed by atoms with Gasteiger partial charge in [-0.05, 0) is 44.9 Å². The molecule has 0 bridgehead atoms. The number of nitrogens with two attached hydrogens (primary N) is 1. The molecule has 0 saturated carbocycles. The Kier molecular flexibility index (Phi) is 5.00. The number of hydrogen-bond acceptors (Lipinski definition) is 2. The van der Waals surface area contributed by atoms with Gasteiger partial charge in [0, 0.05) is 6.04 Å². The minimum atomic E-state index is -0.869. The maximum Gasteiger partial charge on any atom is 0.232 e. The van der Waals surface area contributed by atoms with E-state index in [1.807, 2.05) is 6.92 Å². The predicted molar refractivity (Wildman–Crippen MR) is 78.3 cm³/mol. The molecule has 0 heterocycles. The summed E-state index contributed by atoms with van der Waals surface area (Å²) in [6.45, 7) is 5.27. The number of benzene rings is 1. The summed E-state index contributed by atoms with van der Waals surface area (Å²) >= 11 is 4.88. The van der Waals surface area contributed by atoms with Crippen molar-refractivity contribution in [3.8, 4) is 0 Å². The zero-order valence-electron chi connectivity index (χ0n) is 11.4. The average molecular weight is 282 g/mol. The summed E-state index contributed by atoms with van der Waals surface area (Å²) in [7, 11) is 0. The minimum Gasteiger partial charge on any atom is -0.392 e. The van der Waals surface area contributed by atoms with Crippen LogP contribution in [0.4, 0.5) is 4.39 Å². The van der Waals surface area contributed by atoms with E-state index in [0.29, 0.717) is 6.42 Å². The SMILES string of the molecule is CC(Cc1ccc(F)cc1)NC(=O)C(C)(C)C(N)=S. The Bertz CT molecular complexity index is 471. The summed E-state index contributed by atoms with van der Waals surface area (Å²) in [5.74, 6) is -0.468. The summed E-state index contributed by atoms with van der Waals surface area (Å²) in [4.78, 5) is 12.2. The van der Waals surface area contributed by atoms with Gasteiger partial charge in [-0.1, -0.05) is 24.4 Å². The Balaban J connectivity index is 2.61. The molecule has 1 unspecified atom stereocenters. The Hall–Kier alpha value is -1.49. The molecule has 0 aliphatic carbocycles. The van der Waals surface area contributed by atoms with Crippen LogP contribution in [0.25, 0.3) is 0 Å². The molecule has 0 fully saturated rings. The zero-order valence-corrected chi connectivity index (χ0v) is 12.2. The van der Waals surface area contributed by atoms with Gasteiger partial charge in [-0.15, -0.1) is 0 Å². The van der Waals surface area contributed by atoms with Crippen molar-refractivity contribution >= 4 is 23.1 Å². The Morgan fingerprint density at radius 1 is 1.42 bits per heavy atom. The van der Waals surface area contributed by atoms with E-state index in [0.717, 1.165) is 5.56 Å². The lowest BCUT2D eigenvalue weighted by Gasteiger charge is -2.24. The van der Waals surface area contributed by atoms with Crippen molar-refractivity contribution in [1.29, 1.82) is 0 Å². The smallest absolute Gasteiger partial charge is 0.232 e. The molecule has 3 N–H and O–H groups in total. The molecule has 0 radical (unpaired) electrons. The van der Waals surface area contributed by atoms with Crippen LogP contribution in [0.1, 0.15) is 26.3 Å². The van der Waals surface area contributed by atoms with Gasteiger partial charge in [-0.3, -0.25) is 4.79 Å². The number of carbonyl (C=O) groups is 1. The summed E-state index contributed by atoms with van der Waals surface area (Å²) in [6, 6.07) is 6.14. The van der Waals surface area contributed by atoms with Gasteiger partial charge in [0.25, 0.3) is 0 Å². The summed E-state index contributed by atoms with van der Waals surface area (Å²) in [5.41, 5.74) is 5.64. The molecule has 3 nitrogen and oxygen atoms in total. The highest BCUT2D eigenvalue weighted by molar-refractivity contribution is 7.80. The Morgan fingerprint density at radius 2 is 1.95 bits per heavy atom. The first kappa shape index (κ1) is 15.6. The van der Waals surface area contributed by atoms with Crippen LogP contribution in [0.15, 0.2) is 24.3 Å². The number of rotatable bonds is 5. The van der Waals surface area contributed by atoms with Crippen molar-refractivity contribution in [2.24, 2.45) is 11.1 Å². The lowest BCUT2D eigenvalue weighted by molar-refractivity contribution is -0.126. The minimum absolute atomic E-state index is 0.0772. The molecule has 1 rings (SSSR count). The van der Waals surface area contributed by atoms with Gasteiger partial charge in [0.15, 0.2) is 0 Å². The van der Waals surface area contributed by atoms with Gasteiger partial charge >= 0.3 is 0 Å². The summed E-state index contributed by atoms with van der Waals surface area (Å²) in [6.07, 6.45) is 0.624. The van der Waals surface area contributed by atoms with Crippen LogP contribution >= 0.6 is 12.2 Å². The van der Waals surface area contributed by atoms with Crippen molar-refractivity contribution in [3.63, 3.8) is 0 Å². The summed E-state index contributed by atoms with van der Waals surface area (Å²) in [5, 5.41) is 2.86. The van der Waals surface area contributed by atoms with Gasteiger partial charge in [-0.2, -0.15) is 0 Å². The molecule has 5 heteroatoms. The van der Waals surface area contributed by atoms with Crippen LogP contribution in [0.2, 0.25) is 0 Å². The second-order valence-electron chi connectivity index (χ2n) is 5.19. The highest BCUT2D eigenvalue weighted by Crippen LogP contribution is 2.16. The average Bonchev–Trinajstić information content (AvgIpc) is 2.31. The van der Waals surface area contributed by atoms with Crippen LogP contribution in [0, 0.1) is 11.2 Å². The number of nitrogens with one attached hydrogen (secondary N) is 1. The van der Waals surface area contributed by atoms with Crippen LogP contribution in [-0.2, 0) is 11.2 Å². The van der Waals surface area contributed by atoms with Gasteiger partial charge in [0.2, 0.25) is 5.91 Å². The van der Waals surface area contributed by atoms with Crippen molar-refractivity contribution in [3.05, 3.63) is 35.6 Å². The van der Waals surface area contributed by atoms with E-state index >= 15 is 0 Å². The molecular weight excluding hydrogens is 263 g/mol. The van der Waals surface area contributed by atoms with Gasteiger partial charge in [-0.25, -0.2) is 4.39 Å². The van der Waals surface area contributed by atoms with Gasteiger partial charge in [0.05, 0.1) is 10.4 Å².